The molecular weight excluding hydrogens is 257 g/mol. The van der Waals surface area contributed by atoms with Crippen LogP contribution in [0.4, 0.5) is 0 Å². The summed E-state index contributed by atoms with van der Waals surface area (Å²) in [6.07, 6.45) is 2.49. The van der Waals surface area contributed by atoms with Crippen LogP contribution >= 0.6 is 12.2 Å². The predicted molar refractivity (Wildman–Crippen MR) is 64.6 cm³/mol. The minimum absolute atomic E-state index is 0.433. The summed E-state index contributed by atoms with van der Waals surface area (Å²) in [5.41, 5.74) is 0. The van der Waals surface area contributed by atoms with Crippen molar-refractivity contribution in [3.05, 3.63) is 28.9 Å². The number of rotatable bonds is 3. The number of nitrogens with zero attached hydrogens (tertiary/aromatic N) is 1. The average Bonchev–Trinajstić information content (AvgIpc) is 2.54. The quantitative estimate of drug-likeness (QED) is 0.612. The van der Waals surface area contributed by atoms with E-state index >= 15 is 0 Å². The van der Waals surface area contributed by atoms with E-state index in [0.717, 1.165) is 11.2 Å². The fourth-order valence-corrected chi connectivity index (χ4v) is 4.26. The molecule has 14 heavy (non-hydrogen) atoms. The number of fused-ring (bicyclic) bond motifs is 1. The molecule has 3 heteroatoms. The van der Waals surface area contributed by atoms with Crippen LogP contribution in [0.5, 0.6) is 0 Å². The Morgan fingerprint density at radius 1 is 1.36 bits per heavy atom. The number of hydrogen-bond donors (Lipinski definition) is 0. The fraction of sp³-hybridized carbons (Fsp3) is 0.364. The molecule has 0 bridgehead atoms. The van der Waals surface area contributed by atoms with E-state index in [0.29, 0.717) is 14.7 Å². The first-order valence-electron chi connectivity index (χ1n) is 4.92. The van der Waals surface area contributed by atoms with Crippen molar-refractivity contribution >= 4 is 36.6 Å². The van der Waals surface area contributed by atoms with Gasteiger partial charge >= 0.3 is 95.4 Å². The molecule has 0 saturated carbocycles. The molecule has 0 unspecified atom stereocenters. The van der Waals surface area contributed by atoms with Crippen molar-refractivity contribution in [2.24, 2.45) is 0 Å². The van der Waals surface area contributed by atoms with E-state index in [1.807, 2.05) is 0 Å². The van der Waals surface area contributed by atoms with Crippen molar-refractivity contribution in [2.45, 2.75) is 26.3 Å². The van der Waals surface area contributed by atoms with Crippen LogP contribution in [0.25, 0.3) is 9.65 Å². The Kier molecular flexibility index (Phi) is 3.22. The molecule has 1 nitrogen and oxygen atoms in total. The van der Waals surface area contributed by atoms with Crippen molar-refractivity contribution in [2.75, 3.05) is 0 Å². The van der Waals surface area contributed by atoms with Crippen LogP contribution in [0, 0.1) is 4.64 Å². The summed E-state index contributed by atoms with van der Waals surface area (Å²) in [4.78, 5) is 0. The first kappa shape index (κ1) is 10.2. The SMILES string of the molecule is CCCCn1[se]c2ccccc2c1=S. The second kappa shape index (κ2) is 4.43. The molecule has 0 aliphatic carbocycles. The Hall–Kier alpha value is -0.371. The molecule has 2 aromatic rings. The fourth-order valence-electron chi connectivity index (χ4n) is 1.47. The summed E-state index contributed by atoms with van der Waals surface area (Å²) in [5.74, 6) is 0. The summed E-state index contributed by atoms with van der Waals surface area (Å²) < 4.78 is 4.88. The van der Waals surface area contributed by atoms with Gasteiger partial charge in [0.05, 0.1) is 0 Å². The van der Waals surface area contributed by atoms with Crippen LogP contribution in [-0.2, 0) is 6.54 Å². The van der Waals surface area contributed by atoms with Gasteiger partial charge in [-0.25, -0.2) is 0 Å². The van der Waals surface area contributed by atoms with E-state index in [1.165, 1.54) is 22.5 Å². The molecule has 0 aliphatic rings. The zero-order chi connectivity index (χ0) is 9.97. The Labute approximate surface area is 95.3 Å². The van der Waals surface area contributed by atoms with Crippen LogP contribution in [-0.4, -0.2) is 18.3 Å². The molecule has 2 rings (SSSR count). The van der Waals surface area contributed by atoms with Crippen molar-refractivity contribution in [3.8, 4) is 0 Å². The summed E-state index contributed by atoms with van der Waals surface area (Å²) in [6, 6.07) is 8.52. The Morgan fingerprint density at radius 2 is 2.14 bits per heavy atom. The normalized spacial score (nSPS) is 10.9. The van der Waals surface area contributed by atoms with E-state index in [4.69, 9.17) is 12.2 Å². The maximum absolute atomic E-state index is 5.45. The topological polar surface area (TPSA) is 4.93 Å². The summed E-state index contributed by atoms with van der Waals surface area (Å²) in [7, 11) is 0. The van der Waals surface area contributed by atoms with Crippen molar-refractivity contribution in [1.29, 1.82) is 0 Å². The van der Waals surface area contributed by atoms with E-state index in [1.54, 1.807) is 0 Å². The molecule has 1 aromatic heterocycles. The van der Waals surface area contributed by atoms with Gasteiger partial charge in [-0.3, -0.25) is 0 Å². The van der Waals surface area contributed by atoms with Gasteiger partial charge in [-0.2, -0.15) is 0 Å². The van der Waals surface area contributed by atoms with Crippen LogP contribution in [0.3, 0.4) is 0 Å². The van der Waals surface area contributed by atoms with Gasteiger partial charge in [0.1, 0.15) is 0 Å². The monoisotopic (exact) mass is 271 g/mol. The second-order valence-corrected chi connectivity index (χ2v) is 5.97. The van der Waals surface area contributed by atoms with Gasteiger partial charge in [-0.15, -0.1) is 0 Å². The van der Waals surface area contributed by atoms with E-state index in [2.05, 4.69) is 34.8 Å². The minimum atomic E-state index is 0.433. The van der Waals surface area contributed by atoms with Crippen molar-refractivity contribution < 1.29 is 0 Å². The van der Waals surface area contributed by atoms with E-state index < -0.39 is 0 Å². The number of aromatic nitrogens is 1. The molecule has 1 heterocycles. The molecule has 0 saturated heterocycles. The number of hydrogen-bond acceptors (Lipinski definition) is 1. The van der Waals surface area contributed by atoms with Gasteiger partial charge in [0.15, 0.2) is 0 Å². The Morgan fingerprint density at radius 3 is 2.86 bits per heavy atom. The molecular formula is C11H13NSSe. The first-order chi connectivity index (χ1) is 6.83. The molecule has 0 fully saturated rings. The third kappa shape index (κ3) is 1.85. The zero-order valence-electron chi connectivity index (χ0n) is 8.19. The standard InChI is InChI=1S/C11H13NSSe/c1-2-3-8-12-11(13)9-6-4-5-7-10(9)14-12/h4-7H,2-3,8H2,1H3. The van der Waals surface area contributed by atoms with Crippen LogP contribution in [0.1, 0.15) is 19.8 Å². The predicted octanol–water partition coefficient (Wildman–Crippen LogP) is 3.23. The first-order valence-corrected chi connectivity index (χ1v) is 6.95. The molecule has 0 N–H and O–H groups in total. The third-order valence-electron chi connectivity index (χ3n) is 2.27. The second-order valence-electron chi connectivity index (χ2n) is 3.35. The average molecular weight is 270 g/mol. The van der Waals surface area contributed by atoms with Crippen LogP contribution in [0.15, 0.2) is 24.3 Å². The van der Waals surface area contributed by atoms with E-state index in [9.17, 15) is 0 Å². The molecule has 0 atom stereocenters. The van der Waals surface area contributed by atoms with Crippen molar-refractivity contribution in [1.82, 2.24) is 3.56 Å². The third-order valence-corrected chi connectivity index (χ3v) is 5.36. The van der Waals surface area contributed by atoms with Gasteiger partial charge in [0.2, 0.25) is 0 Å². The summed E-state index contributed by atoms with van der Waals surface area (Å²) in [5, 5.41) is 1.29. The Balaban J connectivity index is 2.47. The van der Waals surface area contributed by atoms with Gasteiger partial charge in [-0.05, 0) is 0 Å². The zero-order valence-corrected chi connectivity index (χ0v) is 10.7. The van der Waals surface area contributed by atoms with Gasteiger partial charge in [0, 0.05) is 0 Å². The van der Waals surface area contributed by atoms with E-state index in [-0.39, 0.29) is 0 Å². The molecule has 0 amide bonds. The molecule has 0 aliphatic heterocycles. The van der Waals surface area contributed by atoms with Crippen LogP contribution < -0.4 is 0 Å². The molecule has 1 aromatic carbocycles. The van der Waals surface area contributed by atoms with Gasteiger partial charge in [-0.1, -0.05) is 0 Å². The summed E-state index contributed by atoms with van der Waals surface area (Å²) in [6.45, 7) is 3.35. The van der Waals surface area contributed by atoms with Gasteiger partial charge in [0.25, 0.3) is 0 Å². The van der Waals surface area contributed by atoms with Crippen molar-refractivity contribution in [3.63, 3.8) is 0 Å². The number of aryl methyl sites for hydroxylation is 1. The Bertz CT molecular complexity index is 483. The summed E-state index contributed by atoms with van der Waals surface area (Å²) >= 11 is 5.88. The van der Waals surface area contributed by atoms with Crippen LogP contribution in [0.2, 0.25) is 0 Å². The molecule has 0 radical (unpaired) electrons. The van der Waals surface area contributed by atoms with Gasteiger partial charge < -0.3 is 0 Å². The maximum atomic E-state index is 5.45. The molecule has 0 spiro atoms. The number of unbranched alkanes of at least 4 members (excludes halogenated alkanes) is 1. The molecule has 74 valence electrons. The number of benzene rings is 1.